The molecule has 0 aliphatic carbocycles. The number of hydrogen-bond acceptors (Lipinski definition) is 6. The fourth-order valence-corrected chi connectivity index (χ4v) is 4.64. The minimum atomic E-state index is -3.44. The molecule has 0 saturated carbocycles. The monoisotopic (exact) mass is 488 g/mol. The zero-order valence-electron chi connectivity index (χ0n) is 20.4. The van der Waals surface area contributed by atoms with Gasteiger partial charge in [-0.25, -0.2) is 8.42 Å². The largest absolute Gasteiger partial charge is 0.494 e. The van der Waals surface area contributed by atoms with Crippen molar-refractivity contribution < 1.29 is 27.8 Å². The van der Waals surface area contributed by atoms with E-state index >= 15 is 0 Å². The molecule has 0 saturated heterocycles. The second-order valence-electron chi connectivity index (χ2n) is 9.29. The van der Waals surface area contributed by atoms with E-state index in [9.17, 15) is 18.3 Å². The molecule has 2 aromatic carbocycles. The molecule has 0 radical (unpaired) electrons. The topological polar surface area (TPSA) is 107 Å². The molecule has 0 spiro atoms. The molecular formula is C25H32N2O6S. The lowest BCUT2D eigenvalue weighted by Gasteiger charge is -2.21. The molecule has 2 N–H and O–H groups in total. The molecule has 3 rings (SSSR count). The summed E-state index contributed by atoms with van der Waals surface area (Å²) in [7, 11) is -1.91. The first-order valence-corrected chi connectivity index (χ1v) is 13.0. The van der Waals surface area contributed by atoms with Gasteiger partial charge < -0.3 is 24.5 Å². The Bertz CT molecular complexity index is 1300. The van der Waals surface area contributed by atoms with Crippen LogP contribution in [0, 0.1) is 5.41 Å². The van der Waals surface area contributed by atoms with Gasteiger partial charge in [0.25, 0.3) is 0 Å². The van der Waals surface area contributed by atoms with Gasteiger partial charge in [-0.3, -0.25) is 4.79 Å². The minimum Gasteiger partial charge on any atom is -0.494 e. The number of amides is 1. The number of hydrogen-bond donors (Lipinski definition) is 2. The third kappa shape index (κ3) is 5.47. The summed E-state index contributed by atoms with van der Waals surface area (Å²) in [4.78, 5) is 12.6. The smallest absolute Gasteiger partial charge is 0.229 e. The standard InChI is InChI=1S/C25H32N2O6S/c1-7-33-21-13-16(11-12-20(21)32-5)19(15-34(6,30)31)27-14-17-9-8-10-18(22(17)23(27)28)26-24(29)25(2,3)4/h8-14,19,28H,7,15H2,1-6H3,(H,26,29). The van der Waals surface area contributed by atoms with Crippen molar-refractivity contribution in [2.24, 2.45) is 5.41 Å². The van der Waals surface area contributed by atoms with Gasteiger partial charge in [0.15, 0.2) is 11.5 Å². The van der Waals surface area contributed by atoms with Crippen molar-refractivity contribution in [3.63, 3.8) is 0 Å². The van der Waals surface area contributed by atoms with Crippen LogP contribution in [0.25, 0.3) is 10.8 Å². The van der Waals surface area contributed by atoms with E-state index in [0.717, 1.165) is 6.26 Å². The Balaban J connectivity index is 2.18. The lowest BCUT2D eigenvalue weighted by Crippen LogP contribution is -2.27. The molecule has 9 heteroatoms. The van der Waals surface area contributed by atoms with Gasteiger partial charge in [0, 0.05) is 23.3 Å². The van der Waals surface area contributed by atoms with Gasteiger partial charge in [-0.05, 0) is 30.7 Å². The highest BCUT2D eigenvalue weighted by Crippen LogP contribution is 2.39. The number of carbonyl (C=O) groups excluding carboxylic acids is 1. The van der Waals surface area contributed by atoms with Gasteiger partial charge in [-0.1, -0.05) is 39.0 Å². The number of benzene rings is 2. The van der Waals surface area contributed by atoms with Gasteiger partial charge in [0.05, 0.1) is 36.6 Å². The average Bonchev–Trinajstić information content (AvgIpc) is 3.08. The Morgan fingerprint density at radius 1 is 1.18 bits per heavy atom. The van der Waals surface area contributed by atoms with E-state index in [1.807, 2.05) is 6.92 Å². The summed E-state index contributed by atoms with van der Waals surface area (Å²) >= 11 is 0. The summed E-state index contributed by atoms with van der Waals surface area (Å²) in [5.41, 5.74) is 0.458. The van der Waals surface area contributed by atoms with Crippen LogP contribution in [0.4, 0.5) is 5.69 Å². The Labute approximate surface area is 200 Å². The van der Waals surface area contributed by atoms with Crippen LogP contribution in [-0.2, 0) is 14.6 Å². The van der Waals surface area contributed by atoms with Crippen molar-refractivity contribution in [2.45, 2.75) is 33.7 Å². The predicted octanol–water partition coefficient (Wildman–Crippen LogP) is 4.37. The zero-order valence-corrected chi connectivity index (χ0v) is 21.2. The zero-order chi connectivity index (χ0) is 25.3. The van der Waals surface area contributed by atoms with Crippen molar-refractivity contribution in [1.29, 1.82) is 0 Å². The molecule has 0 fully saturated rings. The molecule has 1 amide bonds. The number of ether oxygens (including phenoxy) is 2. The number of fused-ring (bicyclic) bond motifs is 1. The maximum atomic E-state index is 12.6. The van der Waals surface area contributed by atoms with Gasteiger partial charge >= 0.3 is 0 Å². The van der Waals surface area contributed by atoms with Gasteiger partial charge in [0.1, 0.15) is 9.84 Å². The molecule has 1 unspecified atom stereocenters. The van der Waals surface area contributed by atoms with Crippen molar-refractivity contribution >= 4 is 32.2 Å². The number of methoxy groups -OCH3 is 1. The highest BCUT2D eigenvalue weighted by molar-refractivity contribution is 7.90. The molecule has 3 aromatic rings. The molecule has 8 nitrogen and oxygen atoms in total. The normalized spacial score (nSPS) is 13.0. The van der Waals surface area contributed by atoms with Crippen molar-refractivity contribution in [1.82, 2.24) is 4.57 Å². The van der Waals surface area contributed by atoms with Crippen molar-refractivity contribution in [3.05, 3.63) is 48.2 Å². The molecule has 1 heterocycles. The number of sulfone groups is 1. The van der Waals surface area contributed by atoms with Crippen LogP contribution in [-0.4, -0.2) is 49.7 Å². The van der Waals surface area contributed by atoms with Crippen LogP contribution in [0.15, 0.2) is 42.6 Å². The van der Waals surface area contributed by atoms with Crippen molar-refractivity contribution in [3.8, 4) is 17.4 Å². The summed E-state index contributed by atoms with van der Waals surface area (Å²) in [5, 5.41) is 15.2. The number of carbonyl (C=O) groups is 1. The first-order chi connectivity index (χ1) is 15.9. The fourth-order valence-electron chi connectivity index (χ4n) is 3.71. The summed E-state index contributed by atoms with van der Waals surface area (Å²) in [6, 6.07) is 9.74. The SMILES string of the molecule is CCOc1cc(C(CS(C)(=O)=O)n2cc3cccc(NC(=O)C(C)(C)C)c3c2O)ccc1OC. The molecule has 0 bridgehead atoms. The van der Waals surface area contributed by atoms with E-state index in [1.165, 1.54) is 11.7 Å². The molecule has 184 valence electrons. The van der Waals surface area contributed by atoms with E-state index in [1.54, 1.807) is 63.4 Å². The Hall–Kier alpha value is -3.20. The van der Waals surface area contributed by atoms with E-state index in [4.69, 9.17) is 9.47 Å². The highest BCUT2D eigenvalue weighted by atomic mass is 32.2. The number of aromatic hydroxyl groups is 1. The van der Waals surface area contributed by atoms with Gasteiger partial charge in [-0.2, -0.15) is 0 Å². The molecule has 1 atom stereocenters. The maximum Gasteiger partial charge on any atom is 0.229 e. The first-order valence-electron chi connectivity index (χ1n) is 11.0. The number of nitrogens with one attached hydrogen (secondary N) is 1. The number of aromatic nitrogens is 1. The van der Waals surface area contributed by atoms with E-state index in [-0.39, 0.29) is 17.5 Å². The molecule has 0 aliphatic rings. The fraction of sp³-hybridized carbons (Fsp3) is 0.400. The van der Waals surface area contributed by atoms with Gasteiger partial charge in [-0.15, -0.1) is 0 Å². The average molecular weight is 489 g/mol. The van der Waals surface area contributed by atoms with E-state index in [0.29, 0.717) is 40.1 Å². The van der Waals surface area contributed by atoms with Crippen LogP contribution in [0.3, 0.4) is 0 Å². The van der Waals surface area contributed by atoms with Crippen molar-refractivity contribution in [2.75, 3.05) is 31.0 Å². The predicted molar refractivity (Wildman–Crippen MR) is 134 cm³/mol. The number of nitrogens with zero attached hydrogens (tertiary/aromatic N) is 1. The number of anilines is 1. The molecule has 34 heavy (non-hydrogen) atoms. The van der Waals surface area contributed by atoms with Gasteiger partial charge in [0.2, 0.25) is 11.8 Å². The Kier molecular flexibility index (Phi) is 7.16. The Morgan fingerprint density at radius 2 is 1.88 bits per heavy atom. The summed E-state index contributed by atoms with van der Waals surface area (Å²) < 4.78 is 37.3. The lowest BCUT2D eigenvalue weighted by molar-refractivity contribution is -0.123. The summed E-state index contributed by atoms with van der Waals surface area (Å²) in [5.74, 6) is 0.426. The first kappa shape index (κ1) is 25.4. The third-order valence-corrected chi connectivity index (χ3v) is 6.36. The molecule has 0 aliphatic heterocycles. The lowest BCUT2D eigenvalue weighted by atomic mass is 9.95. The van der Waals surface area contributed by atoms with E-state index < -0.39 is 21.3 Å². The number of rotatable bonds is 8. The van der Waals surface area contributed by atoms with Crippen LogP contribution in [0.2, 0.25) is 0 Å². The van der Waals surface area contributed by atoms with Crippen LogP contribution in [0.5, 0.6) is 17.4 Å². The van der Waals surface area contributed by atoms with Crippen LogP contribution in [0.1, 0.15) is 39.3 Å². The van der Waals surface area contributed by atoms with Crippen LogP contribution >= 0.6 is 0 Å². The maximum absolute atomic E-state index is 12.6. The highest BCUT2D eigenvalue weighted by Gasteiger charge is 2.27. The minimum absolute atomic E-state index is 0.137. The second kappa shape index (κ2) is 9.58. The quantitative estimate of drug-likeness (QED) is 0.488. The molecule has 1 aromatic heterocycles. The second-order valence-corrected chi connectivity index (χ2v) is 11.5. The third-order valence-electron chi connectivity index (χ3n) is 5.44. The van der Waals surface area contributed by atoms with Crippen LogP contribution < -0.4 is 14.8 Å². The molecular weight excluding hydrogens is 456 g/mol. The summed E-state index contributed by atoms with van der Waals surface area (Å²) in [6.07, 6.45) is 2.85. The summed E-state index contributed by atoms with van der Waals surface area (Å²) in [6.45, 7) is 7.66. The Morgan fingerprint density at radius 3 is 2.47 bits per heavy atom. The van der Waals surface area contributed by atoms with E-state index in [2.05, 4.69) is 5.32 Å².